The quantitative estimate of drug-likeness (QED) is 0.357. The number of hydrogen-bond acceptors (Lipinski definition) is 5. The Bertz CT molecular complexity index is 619. The molecule has 0 saturated heterocycles. The molecule has 1 fully saturated rings. The summed E-state index contributed by atoms with van der Waals surface area (Å²) in [5.41, 5.74) is 0. The summed E-state index contributed by atoms with van der Waals surface area (Å²) in [7, 11) is 0. The van der Waals surface area contributed by atoms with Gasteiger partial charge < -0.3 is 13.9 Å². The molecular formula is C19H25IO5. The Morgan fingerprint density at radius 2 is 2.12 bits per heavy atom. The third-order valence-electron chi connectivity index (χ3n) is 4.55. The zero-order chi connectivity index (χ0) is 18.4. The zero-order valence-corrected chi connectivity index (χ0v) is 17.0. The number of rotatable bonds is 6. The maximum absolute atomic E-state index is 12.0. The third kappa shape index (κ3) is 6.49. The molecule has 3 atom stereocenters. The van der Waals surface area contributed by atoms with Gasteiger partial charge in [0.15, 0.2) is 10.4 Å². The molecule has 25 heavy (non-hydrogen) atoms. The summed E-state index contributed by atoms with van der Waals surface area (Å²) >= 11 is 2.04. The predicted octanol–water partition coefficient (Wildman–Crippen LogP) is 4.44. The van der Waals surface area contributed by atoms with Crippen molar-refractivity contribution in [3.63, 3.8) is 0 Å². The average molecular weight is 460 g/mol. The zero-order valence-electron chi connectivity index (χ0n) is 14.9. The molecule has 1 aromatic rings. The van der Waals surface area contributed by atoms with E-state index in [1.165, 1.54) is 18.6 Å². The summed E-state index contributed by atoms with van der Waals surface area (Å²) < 4.78 is 16.6. The molecule has 1 aliphatic rings. The van der Waals surface area contributed by atoms with Crippen molar-refractivity contribution < 1.29 is 23.5 Å². The minimum atomic E-state index is -0.597. The van der Waals surface area contributed by atoms with E-state index in [0.29, 0.717) is 23.5 Å². The summed E-state index contributed by atoms with van der Waals surface area (Å²) in [5.74, 6) is 0.859. The van der Waals surface area contributed by atoms with Gasteiger partial charge in [0, 0.05) is 6.08 Å². The number of halogens is 1. The lowest BCUT2D eigenvalue weighted by Crippen LogP contribution is -2.36. The van der Waals surface area contributed by atoms with Gasteiger partial charge in [-0.3, -0.25) is 0 Å². The standard InChI is InChI=1S/C19H25IO5/c1-12(2)15-7-4-13(3)10-16(15)25-19(22)11-23-18(21)9-6-14-5-8-17(20)24-14/h5-6,8-9,12-13,15-16H,4,7,10-11H2,1-3H3/b9-6+. The van der Waals surface area contributed by atoms with Crippen molar-refractivity contribution in [2.45, 2.75) is 46.1 Å². The average Bonchev–Trinajstić information content (AvgIpc) is 2.96. The van der Waals surface area contributed by atoms with Crippen molar-refractivity contribution in [2.24, 2.45) is 17.8 Å². The topological polar surface area (TPSA) is 65.7 Å². The molecule has 1 saturated carbocycles. The van der Waals surface area contributed by atoms with Crippen LogP contribution in [0.1, 0.15) is 45.8 Å². The maximum atomic E-state index is 12.0. The van der Waals surface area contributed by atoms with E-state index in [-0.39, 0.29) is 12.7 Å². The van der Waals surface area contributed by atoms with Crippen LogP contribution in [0.15, 0.2) is 22.6 Å². The smallest absolute Gasteiger partial charge is 0.344 e. The van der Waals surface area contributed by atoms with Crippen molar-refractivity contribution in [2.75, 3.05) is 6.61 Å². The largest absolute Gasteiger partial charge is 0.460 e. The van der Waals surface area contributed by atoms with Crippen LogP contribution in [0.2, 0.25) is 0 Å². The molecule has 3 unspecified atom stereocenters. The van der Waals surface area contributed by atoms with Crippen molar-refractivity contribution in [3.8, 4) is 0 Å². The van der Waals surface area contributed by atoms with E-state index in [2.05, 4.69) is 20.8 Å². The second kappa shape index (κ2) is 9.40. The molecule has 0 bridgehead atoms. The van der Waals surface area contributed by atoms with Crippen LogP contribution in [0.3, 0.4) is 0 Å². The molecule has 138 valence electrons. The highest BCUT2D eigenvalue weighted by atomic mass is 127. The summed E-state index contributed by atoms with van der Waals surface area (Å²) in [6.45, 7) is 6.12. The van der Waals surface area contributed by atoms with E-state index in [0.717, 1.165) is 16.6 Å². The molecule has 1 aromatic heterocycles. The third-order valence-corrected chi connectivity index (χ3v) is 5.13. The van der Waals surface area contributed by atoms with E-state index in [4.69, 9.17) is 13.9 Å². The van der Waals surface area contributed by atoms with Gasteiger partial charge in [0.25, 0.3) is 0 Å². The van der Waals surface area contributed by atoms with Crippen LogP contribution >= 0.6 is 22.6 Å². The molecule has 1 heterocycles. The van der Waals surface area contributed by atoms with Gasteiger partial charge in [-0.15, -0.1) is 0 Å². The second-order valence-corrected chi connectivity index (χ2v) is 8.00. The molecule has 5 nitrogen and oxygen atoms in total. The first-order valence-corrected chi connectivity index (χ1v) is 9.72. The molecule has 2 rings (SSSR count). The van der Waals surface area contributed by atoms with Gasteiger partial charge >= 0.3 is 11.9 Å². The lowest BCUT2D eigenvalue weighted by atomic mass is 9.75. The summed E-state index contributed by atoms with van der Waals surface area (Å²) in [6.07, 6.45) is 5.77. The Morgan fingerprint density at radius 3 is 2.76 bits per heavy atom. The normalized spacial score (nSPS) is 23.8. The van der Waals surface area contributed by atoms with Crippen molar-refractivity contribution >= 4 is 40.6 Å². The van der Waals surface area contributed by atoms with Gasteiger partial charge in [-0.2, -0.15) is 0 Å². The molecule has 0 amide bonds. The van der Waals surface area contributed by atoms with Crippen LogP contribution in [-0.4, -0.2) is 24.6 Å². The Kier molecular flexibility index (Phi) is 7.53. The fourth-order valence-electron chi connectivity index (χ4n) is 3.20. The van der Waals surface area contributed by atoms with Crippen LogP contribution in [0.25, 0.3) is 6.08 Å². The fourth-order valence-corrected chi connectivity index (χ4v) is 3.63. The molecule has 0 aliphatic heterocycles. The molecule has 1 aliphatic carbocycles. The van der Waals surface area contributed by atoms with Crippen molar-refractivity contribution in [3.05, 3.63) is 27.7 Å². The van der Waals surface area contributed by atoms with E-state index in [1.54, 1.807) is 12.1 Å². The highest BCUT2D eigenvalue weighted by molar-refractivity contribution is 14.1. The Morgan fingerprint density at radius 1 is 1.36 bits per heavy atom. The molecule has 0 spiro atoms. The fraction of sp³-hybridized carbons (Fsp3) is 0.579. The lowest BCUT2D eigenvalue weighted by Gasteiger charge is -2.36. The molecular weight excluding hydrogens is 435 g/mol. The van der Waals surface area contributed by atoms with Gasteiger partial charge in [-0.1, -0.05) is 27.2 Å². The first-order valence-electron chi connectivity index (χ1n) is 8.64. The van der Waals surface area contributed by atoms with Crippen LogP contribution < -0.4 is 0 Å². The second-order valence-electron chi connectivity index (χ2n) is 6.94. The summed E-state index contributed by atoms with van der Waals surface area (Å²) in [5, 5.41) is 0. The van der Waals surface area contributed by atoms with Crippen molar-refractivity contribution in [1.29, 1.82) is 0 Å². The monoisotopic (exact) mass is 460 g/mol. The lowest BCUT2D eigenvalue weighted by molar-refractivity contribution is -0.165. The van der Waals surface area contributed by atoms with Gasteiger partial charge in [0.2, 0.25) is 0 Å². The molecule has 0 radical (unpaired) electrons. The highest BCUT2D eigenvalue weighted by Crippen LogP contribution is 2.35. The highest BCUT2D eigenvalue weighted by Gasteiger charge is 2.33. The molecule has 6 heteroatoms. The van der Waals surface area contributed by atoms with Gasteiger partial charge in [0.1, 0.15) is 11.9 Å². The SMILES string of the molecule is CC1CCC(C(C)C)C(OC(=O)COC(=O)/C=C/c2ccc(I)o2)C1. The van der Waals surface area contributed by atoms with E-state index < -0.39 is 11.9 Å². The van der Waals surface area contributed by atoms with E-state index in [9.17, 15) is 9.59 Å². The van der Waals surface area contributed by atoms with Crippen LogP contribution in [-0.2, 0) is 19.1 Å². The summed E-state index contributed by atoms with van der Waals surface area (Å²) in [6, 6.07) is 3.54. The number of ether oxygens (including phenoxy) is 2. The van der Waals surface area contributed by atoms with Crippen molar-refractivity contribution in [1.82, 2.24) is 0 Å². The molecule has 0 aromatic carbocycles. The Labute approximate surface area is 162 Å². The first-order chi connectivity index (χ1) is 11.8. The number of carbonyl (C=O) groups excluding carboxylic acids is 2. The first kappa shape index (κ1) is 20.0. The number of hydrogen-bond donors (Lipinski definition) is 0. The Hall–Kier alpha value is -1.31. The minimum Gasteiger partial charge on any atom is -0.460 e. The maximum Gasteiger partial charge on any atom is 0.344 e. The van der Waals surface area contributed by atoms with Gasteiger partial charge in [-0.25, -0.2) is 9.59 Å². The van der Waals surface area contributed by atoms with Crippen LogP contribution in [0.5, 0.6) is 0 Å². The number of esters is 2. The minimum absolute atomic E-state index is 0.0873. The number of carbonyl (C=O) groups is 2. The van der Waals surface area contributed by atoms with Crippen LogP contribution in [0.4, 0.5) is 0 Å². The Balaban J connectivity index is 1.79. The van der Waals surface area contributed by atoms with Gasteiger partial charge in [0.05, 0.1) is 0 Å². The summed E-state index contributed by atoms with van der Waals surface area (Å²) in [4.78, 5) is 23.7. The molecule has 0 N–H and O–H groups in total. The number of furan rings is 1. The van der Waals surface area contributed by atoms with Crippen LogP contribution in [0, 0.1) is 21.5 Å². The van der Waals surface area contributed by atoms with Gasteiger partial charge in [-0.05, 0) is 71.4 Å². The predicted molar refractivity (Wildman–Crippen MR) is 103 cm³/mol. The van der Waals surface area contributed by atoms with E-state index in [1.807, 2.05) is 22.6 Å². The van der Waals surface area contributed by atoms with E-state index >= 15 is 0 Å².